The maximum atomic E-state index is 13.3. The van der Waals surface area contributed by atoms with E-state index in [1.807, 2.05) is 0 Å². The van der Waals surface area contributed by atoms with Gasteiger partial charge in [0.2, 0.25) is 0 Å². The van der Waals surface area contributed by atoms with E-state index in [9.17, 15) is 14.0 Å². The van der Waals surface area contributed by atoms with E-state index < -0.39 is 17.6 Å². The lowest BCUT2D eigenvalue weighted by molar-refractivity contribution is -0.115. The van der Waals surface area contributed by atoms with Crippen LogP contribution >= 0.6 is 0 Å². The van der Waals surface area contributed by atoms with Gasteiger partial charge in [0, 0.05) is 17.2 Å². The van der Waals surface area contributed by atoms with Gasteiger partial charge in [-0.15, -0.1) is 0 Å². The Morgan fingerprint density at radius 3 is 2.30 bits per heavy atom. The summed E-state index contributed by atoms with van der Waals surface area (Å²) in [7, 11) is 0. The number of rotatable bonds is 3. The molecule has 0 aliphatic heterocycles. The highest BCUT2D eigenvalue weighted by Crippen LogP contribution is 2.07. The Morgan fingerprint density at radius 2 is 1.60 bits per heavy atom. The molecule has 0 aromatic heterocycles. The molecule has 0 radical (unpaired) electrons. The van der Waals surface area contributed by atoms with Crippen molar-refractivity contribution in [3.05, 3.63) is 77.6 Å². The largest absolute Gasteiger partial charge is 0.289 e. The molecule has 0 unspecified atom stereocenters. The van der Waals surface area contributed by atoms with Crippen LogP contribution < -0.4 is 5.32 Å². The Labute approximate surface area is 115 Å². The Hall–Kier alpha value is -2.75. The van der Waals surface area contributed by atoms with Crippen molar-refractivity contribution in [3.8, 4) is 0 Å². The summed E-state index contributed by atoms with van der Waals surface area (Å²) in [5.74, 6) is -1.51. The number of hydrogen-bond acceptors (Lipinski definition) is 2. The average Bonchev–Trinajstić information content (AvgIpc) is 2.47. The molecule has 0 fully saturated rings. The second-order valence-corrected chi connectivity index (χ2v) is 4.04. The van der Waals surface area contributed by atoms with Crippen LogP contribution in [0.1, 0.15) is 15.9 Å². The first-order valence-electron chi connectivity index (χ1n) is 6.00. The Bertz CT molecular complexity index is 651. The second kappa shape index (κ2) is 6.43. The number of imide groups is 1. The summed E-state index contributed by atoms with van der Waals surface area (Å²) in [6.07, 6.45) is 2.45. The summed E-state index contributed by atoms with van der Waals surface area (Å²) < 4.78 is 13.3. The van der Waals surface area contributed by atoms with Crippen LogP contribution in [0.3, 0.4) is 0 Å². The van der Waals surface area contributed by atoms with Gasteiger partial charge >= 0.3 is 0 Å². The van der Waals surface area contributed by atoms with Crippen molar-refractivity contribution in [3.63, 3.8) is 0 Å². The van der Waals surface area contributed by atoms with E-state index in [1.165, 1.54) is 18.2 Å². The minimum Gasteiger partial charge on any atom is -0.289 e. The second-order valence-electron chi connectivity index (χ2n) is 4.04. The zero-order valence-corrected chi connectivity index (χ0v) is 10.5. The van der Waals surface area contributed by atoms with E-state index in [2.05, 4.69) is 5.32 Å². The molecule has 2 amide bonds. The first-order chi connectivity index (χ1) is 9.66. The smallest absolute Gasteiger partial charge is 0.258 e. The molecule has 0 aliphatic carbocycles. The molecule has 0 aliphatic rings. The monoisotopic (exact) mass is 269 g/mol. The lowest BCUT2D eigenvalue weighted by atomic mass is 10.2. The molecular weight excluding hydrogens is 257 g/mol. The highest BCUT2D eigenvalue weighted by molar-refractivity contribution is 6.09. The highest BCUT2D eigenvalue weighted by atomic mass is 19.1. The van der Waals surface area contributed by atoms with Crippen LogP contribution in [0.25, 0.3) is 6.08 Å². The van der Waals surface area contributed by atoms with E-state index >= 15 is 0 Å². The topological polar surface area (TPSA) is 46.2 Å². The van der Waals surface area contributed by atoms with Crippen molar-refractivity contribution in [2.45, 2.75) is 0 Å². The molecule has 0 atom stereocenters. The molecule has 100 valence electrons. The first kappa shape index (κ1) is 13.7. The number of halogens is 1. The highest BCUT2D eigenvalue weighted by Gasteiger charge is 2.07. The van der Waals surface area contributed by atoms with Crippen LogP contribution in [0.4, 0.5) is 4.39 Å². The van der Waals surface area contributed by atoms with E-state index in [4.69, 9.17) is 0 Å². The van der Waals surface area contributed by atoms with E-state index in [-0.39, 0.29) is 5.56 Å². The molecule has 0 heterocycles. The molecule has 1 N–H and O–H groups in total. The fourth-order valence-corrected chi connectivity index (χ4v) is 1.59. The Morgan fingerprint density at radius 1 is 0.950 bits per heavy atom. The fraction of sp³-hybridized carbons (Fsp3) is 0. The minimum atomic E-state index is -0.595. The number of carbonyl (C=O) groups is 2. The van der Waals surface area contributed by atoms with Crippen LogP contribution in [0.2, 0.25) is 0 Å². The van der Waals surface area contributed by atoms with Crippen molar-refractivity contribution in [2.75, 3.05) is 0 Å². The standard InChI is InChI=1S/C16H12FNO2/c17-14-9-5-4-6-12(14)10-11-15(19)18-16(20)13-7-2-1-3-8-13/h1-11H,(H,18,19,20). The third-order valence-corrected chi connectivity index (χ3v) is 2.59. The lowest BCUT2D eigenvalue weighted by Crippen LogP contribution is -2.28. The molecule has 0 spiro atoms. The van der Waals surface area contributed by atoms with E-state index in [1.54, 1.807) is 42.5 Å². The first-order valence-corrected chi connectivity index (χ1v) is 6.00. The molecule has 0 bridgehead atoms. The molecular formula is C16H12FNO2. The fourth-order valence-electron chi connectivity index (χ4n) is 1.59. The minimum absolute atomic E-state index is 0.287. The van der Waals surface area contributed by atoms with E-state index in [0.29, 0.717) is 5.56 Å². The maximum absolute atomic E-state index is 13.3. The number of amides is 2. The molecule has 2 aromatic rings. The van der Waals surface area contributed by atoms with Gasteiger partial charge in [-0.3, -0.25) is 14.9 Å². The van der Waals surface area contributed by atoms with Gasteiger partial charge < -0.3 is 0 Å². The predicted molar refractivity (Wildman–Crippen MR) is 74.3 cm³/mol. The molecule has 0 saturated heterocycles. The Balaban J connectivity index is 2.00. The summed E-state index contributed by atoms with van der Waals surface area (Å²) in [5, 5.41) is 2.20. The zero-order valence-electron chi connectivity index (χ0n) is 10.5. The quantitative estimate of drug-likeness (QED) is 0.871. The Kier molecular flexibility index (Phi) is 4.39. The molecule has 20 heavy (non-hydrogen) atoms. The van der Waals surface area contributed by atoms with Crippen molar-refractivity contribution >= 4 is 17.9 Å². The van der Waals surface area contributed by atoms with Crippen LogP contribution in [-0.4, -0.2) is 11.8 Å². The number of benzene rings is 2. The van der Waals surface area contributed by atoms with Crippen molar-refractivity contribution in [2.24, 2.45) is 0 Å². The van der Waals surface area contributed by atoms with E-state index in [0.717, 1.165) is 6.08 Å². The molecule has 2 rings (SSSR count). The SMILES string of the molecule is O=C(C=Cc1ccccc1F)NC(=O)c1ccccc1. The van der Waals surface area contributed by atoms with Gasteiger partial charge in [-0.25, -0.2) is 4.39 Å². The van der Waals surface area contributed by atoms with Crippen molar-refractivity contribution in [1.29, 1.82) is 0 Å². The normalized spacial score (nSPS) is 10.4. The van der Waals surface area contributed by atoms with Gasteiger partial charge in [-0.2, -0.15) is 0 Å². The molecule has 2 aromatic carbocycles. The third kappa shape index (κ3) is 3.62. The maximum Gasteiger partial charge on any atom is 0.258 e. The summed E-state index contributed by atoms with van der Waals surface area (Å²) >= 11 is 0. The lowest BCUT2D eigenvalue weighted by Gasteiger charge is -2.00. The number of hydrogen-bond donors (Lipinski definition) is 1. The van der Waals surface area contributed by atoms with Crippen LogP contribution in [0.15, 0.2) is 60.7 Å². The van der Waals surface area contributed by atoms with Gasteiger partial charge in [-0.1, -0.05) is 36.4 Å². The van der Waals surface area contributed by atoms with Gasteiger partial charge in [0.05, 0.1) is 0 Å². The average molecular weight is 269 g/mol. The number of nitrogens with one attached hydrogen (secondary N) is 1. The van der Waals surface area contributed by atoms with Crippen LogP contribution in [0.5, 0.6) is 0 Å². The van der Waals surface area contributed by atoms with Gasteiger partial charge in [0.25, 0.3) is 11.8 Å². The van der Waals surface area contributed by atoms with Crippen molar-refractivity contribution < 1.29 is 14.0 Å². The third-order valence-electron chi connectivity index (χ3n) is 2.59. The summed E-state index contributed by atoms with van der Waals surface area (Å²) in [5.41, 5.74) is 0.676. The predicted octanol–water partition coefficient (Wildman–Crippen LogP) is 2.80. The molecule has 4 heteroatoms. The van der Waals surface area contributed by atoms with Crippen LogP contribution in [0, 0.1) is 5.82 Å². The summed E-state index contributed by atoms with van der Waals surface area (Å²) in [4.78, 5) is 23.3. The molecule has 0 saturated carbocycles. The number of carbonyl (C=O) groups excluding carboxylic acids is 2. The van der Waals surface area contributed by atoms with Crippen LogP contribution in [-0.2, 0) is 4.79 Å². The van der Waals surface area contributed by atoms with Crippen molar-refractivity contribution in [1.82, 2.24) is 5.32 Å². The van der Waals surface area contributed by atoms with Gasteiger partial charge in [0.1, 0.15) is 5.82 Å². The summed E-state index contributed by atoms with van der Waals surface area (Å²) in [6.45, 7) is 0. The van der Waals surface area contributed by atoms with Gasteiger partial charge in [0.15, 0.2) is 0 Å². The zero-order chi connectivity index (χ0) is 14.4. The molecule has 3 nitrogen and oxygen atoms in total. The van der Waals surface area contributed by atoms with Gasteiger partial charge in [-0.05, 0) is 24.3 Å². The summed E-state index contributed by atoms with van der Waals surface area (Å²) in [6, 6.07) is 14.4.